The Labute approximate surface area is 144 Å². The topological polar surface area (TPSA) is 38.7 Å². The van der Waals surface area contributed by atoms with E-state index in [0.717, 1.165) is 15.7 Å². The first kappa shape index (κ1) is 13.9. The number of alkyl halides is 1. The summed E-state index contributed by atoms with van der Waals surface area (Å²) in [5.41, 5.74) is 5.57. The van der Waals surface area contributed by atoms with Gasteiger partial charge in [0.1, 0.15) is 0 Å². The molecule has 0 saturated heterocycles. The average molecular weight is 419 g/mol. The van der Waals surface area contributed by atoms with Crippen LogP contribution in [0.4, 0.5) is 5.69 Å². The van der Waals surface area contributed by atoms with E-state index in [9.17, 15) is 4.79 Å². The lowest BCUT2D eigenvalue weighted by atomic mass is 10.1. The van der Waals surface area contributed by atoms with Crippen LogP contribution in [0.25, 0.3) is 11.1 Å². The Morgan fingerprint density at radius 1 is 1.05 bits per heavy atom. The van der Waals surface area contributed by atoms with Crippen molar-refractivity contribution in [1.29, 1.82) is 0 Å². The number of hydrogen-bond acceptors (Lipinski definition) is 3. The number of aliphatic imine (C=N–C) groups is 1. The molecule has 2 aromatic carbocycles. The van der Waals surface area contributed by atoms with Crippen LogP contribution in [0, 0.1) is 0 Å². The molecule has 2 aromatic rings. The van der Waals surface area contributed by atoms with Crippen LogP contribution < -0.4 is 0 Å². The lowest BCUT2D eigenvalue weighted by Gasteiger charge is -2.07. The van der Waals surface area contributed by atoms with E-state index in [-0.39, 0.29) is 10.8 Å². The fourth-order valence-corrected chi connectivity index (χ4v) is 3.94. The van der Waals surface area contributed by atoms with Gasteiger partial charge in [-0.15, -0.1) is 0 Å². The minimum Gasteiger partial charge on any atom is -0.404 e. The number of hydrogen-bond donors (Lipinski definition) is 0. The Hall–Kier alpha value is -1.72. The highest BCUT2D eigenvalue weighted by Gasteiger charge is 2.27. The van der Waals surface area contributed by atoms with Crippen LogP contribution in [0.15, 0.2) is 58.0 Å². The van der Waals surface area contributed by atoms with Crippen molar-refractivity contribution in [2.45, 2.75) is 4.83 Å². The van der Waals surface area contributed by atoms with E-state index in [4.69, 9.17) is 4.74 Å². The van der Waals surface area contributed by atoms with E-state index < -0.39 is 0 Å². The van der Waals surface area contributed by atoms with Gasteiger partial charge in [0, 0.05) is 16.6 Å². The second-order valence-electron chi connectivity index (χ2n) is 5.05. The third kappa shape index (κ3) is 2.16. The van der Waals surface area contributed by atoms with E-state index in [1.165, 1.54) is 22.8 Å². The maximum atomic E-state index is 11.1. The Bertz CT molecular complexity index is 871. The van der Waals surface area contributed by atoms with Gasteiger partial charge in [0.05, 0.1) is 10.5 Å². The summed E-state index contributed by atoms with van der Waals surface area (Å²) in [5, 5.41) is 0. The second kappa shape index (κ2) is 5.18. The molecule has 0 saturated carbocycles. The van der Waals surface area contributed by atoms with Gasteiger partial charge in [-0.3, -0.25) is 0 Å². The van der Waals surface area contributed by atoms with Gasteiger partial charge in [-0.2, -0.15) is 0 Å². The van der Waals surface area contributed by atoms with Crippen molar-refractivity contribution in [3.8, 4) is 11.1 Å². The van der Waals surface area contributed by atoms with Crippen molar-refractivity contribution in [1.82, 2.24) is 0 Å². The van der Waals surface area contributed by atoms with E-state index in [2.05, 4.69) is 55.1 Å². The van der Waals surface area contributed by atoms with E-state index in [0.29, 0.717) is 5.90 Å². The smallest absolute Gasteiger partial charge is 0.337 e. The van der Waals surface area contributed by atoms with Crippen LogP contribution in [-0.4, -0.2) is 11.9 Å². The molecule has 0 spiro atoms. The predicted octanol–water partition coefficient (Wildman–Crippen LogP) is 5.06. The number of benzene rings is 2. The summed E-state index contributed by atoms with van der Waals surface area (Å²) < 4.78 is 5.86. The highest BCUT2D eigenvalue weighted by Crippen LogP contribution is 2.50. The molecule has 0 fully saturated rings. The number of carbonyl (C=O) groups excluding carboxylic acids is 1. The first-order valence-electron chi connectivity index (χ1n) is 6.69. The maximum Gasteiger partial charge on any atom is 0.337 e. The van der Waals surface area contributed by atoms with Crippen LogP contribution in [0.1, 0.15) is 16.0 Å². The maximum absolute atomic E-state index is 11.1. The van der Waals surface area contributed by atoms with Gasteiger partial charge >= 0.3 is 5.97 Å². The summed E-state index contributed by atoms with van der Waals surface area (Å²) in [6.45, 7) is 0. The van der Waals surface area contributed by atoms with Crippen molar-refractivity contribution in [2.24, 2.45) is 4.99 Å². The molecule has 0 aromatic heterocycles. The molecule has 0 N–H and O–H groups in total. The molecule has 2 aliphatic rings. The van der Waals surface area contributed by atoms with Crippen molar-refractivity contribution in [3.63, 3.8) is 0 Å². The Balaban J connectivity index is 1.83. The minimum atomic E-state index is -0.387. The first-order chi connectivity index (χ1) is 10.6. The van der Waals surface area contributed by atoms with Gasteiger partial charge in [0.2, 0.25) is 5.90 Å². The highest BCUT2D eigenvalue weighted by atomic mass is 79.9. The van der Waals surface area contributed by atoms with Gasteiger partial charge < -0.3 is 4.74 Å². The standard InChI is InChI=1S/C17H9Br2NO2/c18-13-7-11-9-3-1-2-4-10(9)17(19)12(11)8-14(13)20-15-5-6-16(21)22-15/h1-8,17H/t17-/m1/s1. The summed E-state index contributed by atoms with van der Waals surface area (Å²) in [4.78, 5) is 15.7. The molecular formula is C17H9Br2NO2. The van der Waals surface area contributed by atoms with Gasteiger partial charge in [-0.25, -0.2) is 9.79 Å². The molecule has 0 amide bonds. The Kier molecular flexibility index (Phi) is 3.27. The zero-order valence-electron chi connectivity index (χ0n) is 11.2. The molecule has 1 atom stereocenters. The molecule has 3 nitrogen and oxygen atoms in total. The van der Waals surface area contributed by atoms with Crippen molar-refractivity contribution < 1.29 is 9.53 Å². The summed E-state index contributed by atoms with van der Waals surface area (Å²) >= 11 is 7.31. The van der Waals surface area contributed by atoms with Crippen LogP contribution in [0.5, 0.6) is 0 Å². The molecule has 0 bridgehead atoms. The molecule has 1 heterocycles. The zero-order chi connectivity index (χ0) is 15.3. The lowest BCUT2D eigenvalue weighted by molar-refractivity contribution is -0.129. The molecule has 0 radical (unpaired) electrons. The van der Waals surface area contributed by atoms with E-state index in [1.54, 1.807) is 6.08 Å². The molecule has 4 rings (SSSR count). The molecule has 22 heavy (non-hydrogen) atoms. The van der Waals surface area contributed by atoms with Crippen LogP contribution >= 0.6 is 31.9 Å². The van der Waals surface area contributed by atoms with Gasteiger partial charge in [-0.1, -0.05) is 40.2 Å². The van der Waals surface area contributed by atoms with Crippen molar-refractivity contribution >= 4 is 49.4 Å². The number of carbonyl (C=O) groups is 1. The predicted molar refractivity (Wildman–Crippen MR) is 92.7 cm³/mol. The van der Waals surface area contributed by atoms with E-state index >= 15 is 0 Å². The fourth-order valence-electron chi connectivity index (χ4n) is 2.73. The zero-order valence-corrected chi connectivity index (χ0v) is 14.4. The quantitative estimate of drug-likeness (QED) is 0.479. The highest BCUT2D eigenvalue weighted by molar-refractivity contribution is 9.10. The van der Waals surface area contributed by atoms with Crippen LogP contribution in [0.3, 0.4) is 0 Å². The average Bonchev–Trinajstić information content (AvgIpc) is 3.04. The number of cyclic esters (lactones) is 1. The van der Waals surface area contributed by atoms with Crippen LogP contribution in [-0.2, 0) is 9.53 Å². The largest absolute Gasteiger partial charge is 0.404 e. The third-order valence-corrected chi connectivity index (χ3v) is 5.34. The van der Waals surface area contributed by atoms with Crippen LogP contribution in [0.2, 0.25) is 0 Å². The summed E-state index contributed by atoms with van der Waals surface area (Å²) in [6.07, 6.45) is 2.94. The minimum absolute atomic E-state index is 0.146. The number of halogens is 2. The van der Waals surface area contributed by atoms with Crippen molar-refractivity contribution in [3.05, 3.63) is 64.1 Å². The summed E-state index contributed by atoms with van der Waals surface area (Å²) in [6, 6.07) is 12.4. The number of nitrogens with zero attached hydrogens (tertiary/aromatic N) is 1. The molecule has 108 valence electrons. The molecule has 1 aliphatic carbocycles. The number of fused-ring (bicyclic) bond motifs is 3. The molecule has 5 heteroatoms. The van der Waals surface area contributed by atoms with Gasteiger partial charge in [0.25, 0.3) is 0 Å². The molecule has 1 aliphatic heterocycles. The van der Waals surface area contributed by atoms with Crippen molar-refractivity contribution in [2.75, 3.05) is 0 Å². The Morgan fingerprint density at radius 2 is 1.86 bits per heavy atom. The van der Waals surface area contributed by atoms with Gasteiger partial charge in [-0.05, 0) is 50.3 Å². The number of ether oxygens (including phenoxy) is 1. The van der Waals surface area contributed by atoms with E-state index in [1.807, 2.05) is 18.2 Å². The second-order valence-corrected chi connectivity index (χ2v) is 6.82. The normalized spacial score (nSPS) is 20.2. The fraction of sp³-hybridized carbons (Fsp3) is 0.0588. The lowest BCUT2D eigenvalue weighted by Crippen LogP contribution is -1.98. The number of rotatable bonds is 1. The monoisotopic (exact) mass is 417 g/mol. The summed E-state index contributed by atoms with van der Waals surface area (Å²) in [5.74, 6) is -0.0749. The summed E-state index contributed by atoms with van der Waals surface area (Å²) in [7, 11) is 0. The third-order valence-electron chi connectivity index (χ3n) is 3.71. The Morgan fingerprint density at radius 3 is 2.64 bits per heavy atom. The first-order valence-corrected chi connectivity index (χ1v) is 8.40. The number of esters is 1. The SMILES string of the molecule is O=C1C=CC(=Nc2cc3c(cc2Br)-c2ccccc2[C@H]3Br)O1. The van der Waals surface area contributed by atoms with Gasteiger partial charge in [0.15, 0.2) is 0 Å². The molecule has 0 unspecified atom stereocenters. The molecular weight excluding hydrogens is 410 g/mol.